The number of thioether (sulfide) groups is 1. The molecule has 6 heteroatoms. The van der Waals surface area contributed by atoms with E-state index in [1.807, 2.05) is 53.4 Å². The maximum absolute atomic E-state index is 13.2. The maximum Gasteiger partial charge on any atom is 0.253 e. The van der Waals surface area contributed by atoms with E-state index >= 15 is 0 Å². The van der Waals surface area contributed by atoms with Crippen molar-refractivity contribution in [1.29, 1.82) is 0 Å². The third kappa shape index (κ3) is 5.19. The first-order valence-electron chi connectivity index (χ1n) is 10.7. The van der Waals surface area contributed by atoms with Crippen molar-refractivity contribution in [2.45, 2.75) is 10.6 Å². The summed E-state index contributed by atoms with van der Waals surface area (Å²) in [7, 11) is 3.34. The van der Waals surface area contributed by atoms with Crippen molar-refractivity contribution in [1.82, 2.24) is 4.90 Å². The molecular formula is C26H28N2O3S. The van der Waals surface area contributed by atoms with Gasteiger partial charge in [0.05, 0.1) is 14.2 Å². The molecule has 0 radical (unpaired) electrons. The molecule has 32 heavy (non-hydrogen) atoms. The lowest BCUT2D eigenvalue weighted by Crippen LogP contribution is -2.48. The van der Waals surface area contributed by atoms with Crippen LogP contribution in [0.4, 0.5) is 5.69 Å². The fourth-order valence-electron chi connectivity index (χ4n) is 3.85. The number of methoxy groups -OCH3 is 2. The summed E-state index contributed by atoms with van der Waals surface area (Å²) in [6.45, 7) is 3.02. The zero-order valence-electron chi connectivity index (χ0n) is 18.5. The van der Waals surface area contributed by atoms with Crippen molar-refractivity contribution in [3.05, 3.63) is 83.9 Å². The number of benzene rings is 3. The zero-order chi connectivity index (χ0) is 22.3. The Morgan fingerprint density at radius 1 is 0.875 bits per heavy atom. The van der Waals surface area contributed by atoms with E-state index in [9.17, 15) is 4.79 Å². The van der Waals surface area contributed by atoms with Gasteiger partial charge < -0.3 is 19.3 Å². The first-order chi connectivity index (χ1) is 15.7. The lowest BCUT2D eigenvalue weighted by molar-refractivity contribution is 0.0746. The SMILES string of the molecule is COc1ccc(N2CCN(C(=O)c3ccc(OC)c(CSc4ccccc4)c3)CC2)cc1. The molecule has 0 atom stereocenters. The first kappa shape index (κ1) is 22.1. The van der Waals surface area contributed by atoms with Crippen LogP contribution in [0, 0.1) is 0 Å². The van der Waals surface area contributed by atoms with Crippen LogP contribution in [-0.2, 0) is 5.75 Å². The lowest BCUT2D eigenvalue weighted by Gasteiger charge is -2.36. The van der Waals surface area contributed by atoms with Gasteiger partial charge in [-0.15, -0.1) is 11.8 Å². The molecule has 0 unspecified atom stereocenters. The van der Waals surface area contributed by atoms with Gasteiger partial charge in [-0.1, -0.05) is 18.2 Å². The summed E-state index contributed by atoms with van der Waals surface area (Å²) in [5.41, 5.74) is 2.90. The smallest absolute Gasteiger partial charge is 0.253 e. The molecule has 0 spiro atoms. The highest BCUT2D eigenvalue weighted by molar-refractivity contribution is 7.98. The van der Waals surface area contributed by atoms with Crippen LogP contribution < -0.4 is 14.4 Å². The van der Waals surface area contributed by atoms with E-state index in [0.29, 0.717) is 18.7 Å². The minimum absolute atomic E-state index is 0.0768. The van der Waals surface area contributed by atoms with E-state index in [4.69, 9.17) is 9.47 Å². The van der Waals surface area contributed by atoms with Crippen molar-refractivity contribution in [3.8, 4) is 11.5 Å². The second-order valence-electron chi connectivity index (χ2n) is 7.61. The fourth-order valence-corrected chi connectivity index (χ4v) is 4.74. The molecule has 0 saturated carbocycles. The number of rotatable bonds is 7. The van der Waals surface area contributed by atoms with Gasteiger partial charge in [-0.3, -0.25) is 4.79 Å². The highest BCUT2D eigenvalue weighted by atomic mass is 32.2. The summed E-state index contributed by atoms with van der Waals surface area (Å²) in [4.78, 5) is 18.6. The quantitative estimate of drug-likeness (QED) is 0.478. The molecule has 0 aliphatic carbocycles. The van der Waals surface area contributed by atoms with Crippen LogP contribution in [0.1, 0.15) is 15.9 Å². The number of hydrogen-bond donors (Lipinski definition) is 0. The topological polar surface area (TPSA) is 42.0 Å². The van der Waals surface area contributed by atoms with Crippen LogP contribution in [0.5, 0.6) is 11.5 Å². The molecule has 1 aliphatic heterocycles. The average Bonchev–Trinajstić information content (AvgIpc) is 2.87. The van der Waals surface area contributed by atoms with Crippen LogP contribution in [0.25, 0.3) is 0 Å². The number of piperazine rings is 1. The van der Waals surface area contributed by atoms with Crippen LogP contribution >= 0.6 is 11.8 Å². The number of carbonyl (C=O) groups excluding carboxylic acids is 1. The number of nitrogens with zero attached hydrogens (tertiary/aromatic N) is 2. The van der Waals surface area contributed by atoms with E-state index in [0.717, 1.165) is 41.6 Å². The van der Waals surface area contributed by atoms with E-state index in [1.165, 1.54) is 4.90 Å². The van der Waals surface area contributed by atoms with Crippen LogP contribution in [0.15, 0.2) is 77.7 Å². The molecule has 3 aromatic rings. The Balaban J connectivity index is 1.40. The molecule has 1 fully saturated rings. The molecule has 0 aromatic heterocycles. The molecule has 5 nitrogen and oxygen atoms in total. The number of ether oxygens (including phenoxy) is 2. The number of carbonyl (C=O) groups is 1. The summed E-state index contributed by atoms with van der Waals surface area (Å²) in [6.07, 6.45) is 0. The summed E-state index contributed by atoms with van der Waals surface area (Å²) < 4.78 is 10.8. The van der Waals surface area contributed by atoms with E-state index < -0.39 is 0 Å². The molecule has 1 amide bonds. The predicted octanol–water partition coefficient (Wildman–Crippen LogP) is 4.96. The zero-order valence-corrected chi connectivity index (χ0v) is 19.3. The summed E-state index contributed by atoms with van der Waals surface area (Å²) in [5.74, 6) is 2.49. The van der Waals surface area contributed by atoms with Gasteiger partial charge in [0.1, 0.15) is 11.5 Å². The summed E-state index contributed by atoms with van der Waals surface area (Å²) in [6, 6.07) is 24.1. The highest BCUT2D eigenvalue weighted by Gasteiger charge is 2.23. The summed E-state index contributed by atoms with van der Waals surface area (Å²) in [5, 5.41) is 0. The number of anilines is 1. The van der Waals surface area contributed by atoms with Gasteiger partial charge in [0.15, 0.2) is 0 Å². The molecule has 4 rings (SSSR count). The van der Waals surface area contributed by atoms with Gasteiger partial charge in [0.2, 0.25) is 0 Å². The third-order valence-electron chi connectivity index (χ3n) is 5.67. The Labute approximate surface area is 193 Å². The molecule has 166 valence electrons. The fraction of sp³-hybridized carbons (Fsp3) is 0.269. The standard InChI is InChI=1S/C26H28N2O3S/c1-30-23-11-9-22(10-12-23)27-14-16-28(17-15-27)26(29)20-8-13-25(31-2)21(18-20)19-32-24-6-4-3-5-7-24/h3-13,18H,14-17,19H2,1-2H3. The van der Waals surface area contributed by atoms with Crippen LogP contribution in [0.3, 0.4) is 0 Å². The molecule has 1 aliphatic rings. The molecule has 0 N–H and O–H groups in total. The number of amides is 1. The van der Waals surface area contributed by atoms with Gasteiger partial charge in [-0.25, -0.2) is 0 Å². The van der Waals surface area contributed by atoms with E-state index in [-0.39, 0.29) is 5.91 Å². The van der Waals surface area contributed by atoms with Crippen molar-refractivity contribution in [2.75, 3.05) is 45.3 Å². The Kier molecular flexibility index (Phi) is 7.22. The predicted molar refractivity (Wildman–Crippen MR) is 130 cm³/mol. The Hall–Kier alpha value is -3.12. The van der Waals surface area contributed by atoms with E-state index in [1.54, 1.807) is 26.0 Å². The van der Waals surface area contributed by atoms with Gasteiger partial charge in [0, 0.05) is 53.6 Å². The molecule has 1 heterocycles. The van der Waals surface area contributed by atoms with Crippen LogP contribution in [-0.4, -0.2) is 51.2 Å². The molecular weight excluding hydrogens is 420 g/mol. The number of hydrogen-bond acceptors (Lipinski definition) is 5. The van der Waals surface area contributed by atoms with Crippen molar-refractivity contribution >= 4 is 23.4 Å². The van der Waals surface area contributed by atoms with Gasteiger partial charge in [0.25, 0.3) is 5.91 Å². The third-order valence-corrected chi connectivity index (χ3v) is 6.73. The minimum atomic E-state index is 0.0768. The highest BCUT2D eigenvalue weighted by Crippen LogP contribution is 2.29. The van der Waals surface area contributed by atoms with Crippen LogP contribution in [0.2, 0.25) is 0 Å². The van der Waals surface area contributed by atoms with Crippen molar-refractivity contribution in [3.63, 3.8) is 0 Å². The monoisotopic (exact) mass is 448 g/mol. The Bertz CT molecular complexity index is 1030. The molecule has 3 aromatic carbocycles. The Morgan fingerprint density at radius 2 is 1.59 bits per heavy atom. The average molecular weight is 449 g/mol. The largest absolute Gasteiger partial charge is 0.497 e. The van der Waals surface area contributed by atoms with Gasteiger partial charge in [-0.05, 0) is 54.6 Å². The van der Waals surface area contributed by atoms with Gasteiger partial charge >= 0.3 is 0 Å². The lowest BCUT2D eigenvalue weighted by atomic mass is 10.1. The Morgan fingerprint density at radius 3 is 2.25 bits per heavy atom. The minimum Gasteiger partial charge on any atom is -0.497 e. The molecule has 1 saturated heterocycles. The normalized spacial score (nSPS) is 13.7. The maximum atomic E-state index is 13.2. The second-order valence-corrected chi connectivity index (χ2v) is 8.65. The first-order valence-corrected chi connectivity index (χ1v) is 11.7. The van der Waals surface area contributed by atoms with Gasteiger partial charge in [-0.2, -0.15) is 0 Å². The summed E-state index contributed by atoms with van der Waals surface area (Å²) >= 11 is 1.74. The van der Waals surface area contributed by atoms with Crippen molar-refractivity contribution in [2.24, 2.45) is 0 Å². The van der Waals surface area contributed by atoms with Crippen molar-refractivity contribution < 1.29 is 14.3 Å². The second kappa shape index (κ2) is 10.5. The molecule has 0 bridgehead atoms. The van der Waals surface area contributed by atoms with E-state index in [2.05, 4.69) is 29.2 Å².